The van der Waals surface area contributed by atoms with Crippen molar-refractivity contribution in [2.75, 3.05) is 23.1 Å². The molecule has 1 atom stereocenters. The van der Waals surface area contributed by atoms with Crippen molar-refractivity contribution in [3.05, 3.63) is 114 Å². The second-order valence-electron chi connectivity index (χ2n) is 8.07. The zero-order valence-corrected chi connectivity index (χ0v) is 21.7. The summed E-state index contributed by atoms with van der Waals surface area (Å²) in [6, 6.07) is 33.0. The van der Waals surface area contributed by atoms with Gasteiger partial charge in [-0.2, -0.15) is 0 Å². The van der Waals surface area contributed by atoms with Crippen molar-refractivity contribution < 1.29 is 9.53 Å². The Kier molecular flexibility index (Phi) is 8.60. The third-order valence-electron chi connectivity index (χ3n) is 5.33. The van der Waals surface area contributed by atoms with Crippen LogP contribution < -0.4 is 20.7 Å². The van der Waals surface area contributed by atoms with Crippen molar-refractivity contribution in [3.8, 4) is 5.75 Å². The highest BCUT2D eigenvalue weighted by Gasteiger charge is 2.22. The Morgan fingerprint density at radius 2 is 1.50 bits per heavy atom. The van der Waals surface area contributed by atoms with Crippen LogP contribution in [0.15, 0.2) is 108 Å². The summed E-state index contributed by atoms with van der Waals surface area (Å²) in [6.07, 6.45) is 0. The monoisotopic (exact) mass is 513 g/mol. The molecule has 3 N–H and O–H groups in total. The Morgan fingerprint density at radius 1 is 0.806 bits per heavy atom. The number of nitrogens with one attached hydrogen (secondary N) is 3. The molecule has 0 saturated heterocycles. The maximum Gasteiger partial charge on any atom is 0.242 e. The number of carbonyl (C=O) groups is 1. The average molecular weight is 514 g/mol. The summed E-state index contributed by atoms with van der Waals surface area (Å²) in [4.78, 5) is 14.3. The van der Waals surface area contributed by atoms with E-state index in [4.69, 9.17) is 17.0 Å². The van der Waals surface area contributed by atoms with E-state index in [-0.39, 0.29) is 5.91 Å². The van der Waals surface area contributed by atoms with Gasteiger partial charge >= 0.3 is 0 Å². The average Bonchev–Trinajstić information content (AvgIpc) is 2.88. The summed E-state index contributed by atoms with van der Waals surface area (Å²) in [5, 5.41) is 9.47. The van der Waals surface area contributed by atoms with E-state index in [1.54, 1.807) is 7.11 Å². The van der Waals surface area contributed by atoms with Gasteiger partial charge in [0.05, 0.1) is 12.8 Å². The fraction of sp³-hybridized carbons (Fsp3) is 0.103. The van der Waals surface area contributed by atoms with Crippen molar-refractivity contribution in [3.63, 3.8) is 0 Å². The van der Waals surface area contributed by atoms with Crippen molar-refractivity contribution in [1.29, 1.82) is 0 Å². The summed E-state index contributed by atoms with van der Waals surface area (Å²) in [7, 11) is 1.62. The number of aryl methyl sites for hydroxylation is 1. The lowest BCUT2D eigenvalue weighted by Crippen LogP contribution is -2.20. The Labute approximate surface area is 221 Å². The van der Waals surface area contributed by atoms with E-state index in [1.807, 2.05) is 110 Å². The molecule has 0 aliphatic heterocycles. The molecule has 1 amide bonds. The molecule has 4 aromatic rings. The third kappa shape index (κ3) is 6.87. The number of hydrogen-bond acceptors (Lipinski definition) is 4. The van der Waals surface area contributed by atoms with Crippen LogP contribution in [0, 0.1) is 6.92 Å². The lowest BCUT2D eigenvalue weighted by Gasteiger charge is -2.18. The Morgan fingerprint density at radius 3 is 2.25 bits per heavy atom. The minimum Gasteiger partial charge on any atom is -0.495 e. The molecule has 0 heterocycles. The van der Waals surface area contributed by atoms with Gasteiger partial charge in [0.25, 0.3) is 0 Å². The number of methoxy groups -OCH3 is 1. The van der Waals surface area contributed by atoms with E-state index in [1.165, 1.54) is 11.8 Å². The fourth-order valence-corrected chi connectivity index (χ4v) is 4.96. The second kappa shape index (κ2) is 12.2. The molecule has 5 nitrogen and oxygen atoms in total. The van der Waals surface area contributed by atoms with Crippen molar-refractivity contribution >= 4 is 52.1 Å². The Hall–Kier alpha value is -3.81. The van der Waals surface area contributed by atoms with Gasteiger partial charge < -0.3 is 20.7 Å². The topological polar surface area (TPSA) is 62.4 Å². The normalized spacial score (nSPS) is 11.3. The Balaban J connectivity index is 1.50. The van der Waals surface area contributed by atoms with Gasteiger partial charge in [0.1, 0.15) is 11.0 Å². The summed E-state index contributed by atoms with van der Waals surface area (Å²) in [6.45, 7) is 2.00. The van der Waals surface area contributed by atoms with Gasteiger partial charge in [-0.05, 0) is 72.7 Å². The number of thioether (sulfide) groups is 1. The molecule has 4 rings (SSSR count). The summed E-state index contributed by atoms with van der Waals surface area (Å²) in [5.74, 6) is 0.625. The largest absolute Gasteiger partial charge is 0.495 e. The van der Waals surface area contributed by atoms with Crippen LogP contribution >= 0.6 is 24.0 Å². The highest BCUT2D eigenvalue weighted by atomic mass is 32.2. The smallest absolute Gasteiger partial charge is 0.242 e. The second-order valence-corrected chi connectivity index (χ2v) is 9.66. The molecule has 0 aliphatic carbocycles. The number of anilines is 3. The van der Waals surface area contributed by atoms with Gasteiger partial charge in [0.2, 0.25) is 5.91 Å². The van der Waals surface area contributed by atoms with E-state index in [9.17, 15) is 4.79 Å². The molecular weight excluding hydrogens is 486 g/mol. The number of rotatable bonds is 8. The minimum atomic E-state index is -0.430. The molecule has 0 bridgehead atoms. The van der Waals surface area contributed by atoms with Crippen LogP contribution in [0.4, 0.5) is 17.1 Å². The van der Waals surface area contributed by atoms with Gasteiger partial charge in [-0.25, -0.2) is 0 Å². The predicted molar refractivity (Wildman–Crippen MR) is 154 cm³/mol. The number of amides is 1. The number of benzene rings is 4. The lowest BCUT2D eigenvalue weighted by atomic mass is 10.1. The molecule has 0 saturated carbocycles. The van der Waals surface area contributed by atoms with Crippen LogP contribution in [-0.2, 0) is 4.79 Å². The van der Waals surface area contributed by atoms with Gasteiger partial charge in [-0.1, -0.05) is 60.7 Å². The molecular formula is C29H27N3O2S2. The van der Waals surface area contributed by atoms with Gasteiger partial charge in [0, 0.05) is 16.3 Å². The van der Waals surface area contributed by atoms with Crippen molar-refractivity contribution in [2.45, 2.75) is 17.1 Å². The van der Waals surface area contributed by atoms with Crippen LogP contribution in [0.2, 0.25) is 0 Å². The summed E-state index contributed by atoms with van der Waals surface area (Å²) >= 11 is 7.00. The minimum absolute atomic E-state index is 0.0801. The van der Waals surface area contributed by atoms with Crippen LogP contribution in [0.5, 0.6) is 5.75 Å². The fourth-order valence-electron chi connectivity index (χ4n) is 3.65. The molecule has 0 spiro atoms. The zero-order chi connectivity index (χ0) is 25.3. The SMILES string of the molecule is COc1ccccc1NC(=S)Nc1cccc(SC(C(=O)Nc2cccc(C)c2)c2ccccc2)c1. The predicted octanol–water partition coefficient (Wildman–Crippen LogP) is 7.28. The molecule has 0 fully saturated rings. The number of hydrogen-bond donors (Lipinski definition) is 3. The van der Waals surface area contributed by atoms with Crippen molar-refractivity contribution in [1.82, 2.24) is 0 Å². The molecule has 182 valence electrons. The van der Waals surface area contributed by atoms with E-state index in [0.717, 1.165) is 33.1 Å². The molecule has 0 radical (unpaired) electrons. The maximum absolute atomic E-state index is 13.4. The van der Waals surface area contributed by atoms with E-state index >= 15 is 0 Å². The van der Waals surface area contributed by atoms with E-state index in [0.29, 0.717) is 10.9 Å². The van der Waals surface area contributed by atoms with Crippen LogP contribution in [0.25, 0.3) is 0 Å². The first-order valence-corrected chi connectivity index (χ1v) is 12.7. The Bertz CT molecular complexity index is 1350. The summed E-state index contributed by atoms with van der Waals surface area (Å²) < 4.78 is 5.38. The van der Waals surface area contributed by atoms with Crippen molar-refractivity contribution in [2.24, 2.45) is 0 Å². The maximum atomic E-state index is 13.4. The molecule has 0 aliphatic rings. The molecule has 36 heavy (non-hydrogen) atoms. The number of para-hydroxylation sites is 2. The van der Waals surface area contributed by atoms with Gasteiger partial charge in [-0.3, -0.25) is 4.79 Å². The number of carbonyl (C=O) groups excluding carboxylic acids is 1. The molecule has 4 aromatic carbocycles. The standard InChI is InChI=1S/C29H27N3O2S2/c1-20-10-8-13-22(18-20)30-28(33)27(21-11-4-3-5-12-21)36-24-15-9-14-23(19-24)31-29(35)32-25-16-6-7-17-26(25)34-2/h3-19,27H,1-2H3,(H,30,33)(H2,31,32,35). The van der Waals surface area contributed by atoms with Crippen LogP contribution in [0.3, 0.4) is 0 Å². The van der Waals surface area contributed by atoms with Crippen LogP contribution in [-0.4, -0.2) is 18.1 Å². The summed E-state index contributed by atoms with van der Waals surface area (Å²) in [5.41, 5.74) is 4.40. The molecule has 0 aromatic heterocycles. The number of ether oxygens (including phenoxy) is 1. The molecule has 7 heteroatoms. The number of thiocarbonyl (C=S) groups is 1. The lowest BCUT2D eigenvalue weighted by molar-refractivity contribution is -0.115. The zero-order valence-electron chi connectivity index (χ0n) is 20.0. The highest BCUT2D eigenvalue weighted by Crippen LogP contribution is 2.37. The first kappa shape index (κ1) is 25.3. The first-order chi connectivity index (χ1) is 17.5. The third-order valence-corrected chi connectivity index (χ3v) is 6.78. The van der Waals surface area contributed by atoms with E-state index < -0.39 is 5.25 Å². The molecule has 1 unspecified atom stereocenters. The highest BCUT2D eigenvalue weighted by molar-refractivity contribution is 8.00. The van der Waals surface area contributed by atoms with E-state index in [2.05, 4.69) is 16.0 Å². The quantitative estimate of drug-likeness (QED) is 0.170. The van der Waals surface area contributed by atoms with Crippen LogP contribution in [0.1, 0.15) is 16.4 Å². The first-order valence-electron chi connectivity index (χ1n) is 11.4. The van der Waals surface area contributed by atoms with Gasteiger partial charge in [0.15, 0.2) is 5.11 Å². The van der Waals surface area contributed by atoms with Gasteiger partial charge in [-0.15, -0.1) is 11.8 Å².